The minimum atomic E-state index is 0.728. The van der Waals surface area contributed by atoms with Gasteiger partial charge in [0, 0.05) is 31.2 Å². The van der Waals surface area contributed by atoms with Crippen molar-refractivity contribution in [3.8, 4) is 45.6 Å². The van der Waals surface area contributed by atoms with E-state index < -0.39 is 0 Å². The van der Waals surface area contributed by atoms with Crippen molar-refractivity contribution in [2.75, 3.05) is 0 Å². The van der Waals surface area contributed by atoms with Crippen LogP contribution in [0.2, 0.25) is 0 Å². The second-order valence-corrected chi connectivity index (χ2v) is 18.6. The van der Waals surface area contributed by atoms with E-state index in [0.717, 1.165) is 99.4 Å². The SMILES string of the molecule is [C-]#[N+]c1cc2sc(-c3ncc(-c4nc5cc6cc7sc(-c8cnc(-c9cc%10sc(C#N)cc%10s9)s8)nc7cc6cc5s4)s3)cc2s1. The van der Waals surface area contributed by atoms with E-state index in [9.17, 15) is 5.26 Å². The average Bonchev–Trinajstić information content (AvgIpc) is 3.88. The highest BCUT2D eigenvalue weighted by atomic mass is 32.1. The Morgan fingerprint density at radius 3 is 1.59 bits per heavy atom. The molecule has 0 N–H and O–H groups in total. The number of thiophene rings is 4. The Labute approximate surface area is 291 Å². The van der Waals surface area contributed by atoms with Crippen molar-refractivity contribution < 1.29 is 0 Å². The van der Waals surface area contributed by atoms with Crippen LogP contribution in [-0.2, 0) is 0 Å². The number of hydrogen-bond donors (Lipinski definition) is 0. The van der Waals surface area contributed by atoms with Gasteiger partial charge in [0.25, 0.3) is 0 Å². The van der Waals surface area contributed by atoms with Crippen LogP contribution in [-0.4, -0.2) is 19.9 Å². The first-order chi connectivity index (χ1) is 22.6. The van der Waals surface area contributed by atoms with Crippen molar-refractivity contribution in [2.24, 2.45) is 0 Å². The highest BCUT2D eigenvalue weighted by Crippen LogP contribution is 2.45. The summed E-state index contributed by atoms with van der Waals surface area (Å²) in [5, 5.41) is 16.1. The van der Waals surface area contributed by atoms with Gasteiger partial charge in [-0.1, -0.05) is 0 Å². The molecule has 8 aromatic heterocycles. The first kappa shape index (κ1) is 27.2. The molecule has 6 nitrogen and oxygen atoms in total. The van der Waals surface area contributed by atoms with Gasteiger partial charge in [0.1, 0.15) is 31.0 Å². The molecule has 46 heavy (non-hydrogen) atoms. The van der Waals surface area contributed by atoms with Crippen LogP contribution < -0.4 is 0 Å². The predicted octanol–water partition coefficient (Wildman–Crippen LogP) is 12.6. The van der Waals surface area contributed by atoms with Crippen molar-refractivity contribution in [2.45, 2.75) is 0 Å². The van der Waals surface area contributed by atoms with E-state index in [4.69, 9.17) is 26.5 Å². The van der Waals surface area contributed by atoms with Gasteiger partial charge in [-0.2, -0.15) is 16.6 Å². The molecule has 0 atom stereocenters. The van der Waals surface area contributed by atoms with Crippen LogP contribution in [0.5, 0.6) is 0 Å². The molecule has 0 saturated carbocycles. The molecular weight excluding hydrogens is 725 g/mol. The standard InChI is InChI=1S/C32H10N6S8/c1-34-28-9-23-22(42-28)8-25(41-23)30-36-12-27(46-30)32-38-17-3-14-4-18-16(2-13(14)5-19(17)44-32)37-31(43-18)26-11-35-29(45-26)24-7-21-20(40-24)6-15(10-33)39-21/h2-9,11-12H. The summed E-state index contributed by atoms with van der Waals surface area (Å²) in [5.41, 5.74) is 1.97. The van der Waals surface area contributed by atoms with Crippen molar-refractivity contribution >= 4 is 146 Å². The van der Waals surface area contributed by atoms with E-state index in [0.29, 0.717) is 0 Å². The van der Waals surface area contributed by atoms with Gasteiger partial charge in [0.05, 0.1) is 46.5 Å². The van der Waals surface area contributed by atoms with Gasteiger partial charge < -0.3 is 0 Å². The molecule has 216 valence electrons. The van der Waals surface area contributed by atoms with Gasteiger partial charge in [-0.3, -0.25) is 0 Å². The monoisotopic (exact) mass is 734 g/mol. The molecule has 0 spiro atoms. The highest BCUT2D eigenvalue weighted by molar-refractivity contribution is 7.34. The van der Waals surface area contributed by atoms with E-state index >= 15 is 0 Å². The summed E-state index contributed by atoms with van der Waals surface area (Å²) >= 11 is 13.1. The Bertz CT molecular complexity index is 2590. The number of thiazole rings is 4. The summed E-state index contributed by atoms with van der Waals surface area (Å²) in [5.74, 6) is 0. The minimum absolute atomic E-state index is 0.728. The second-order valence-electron chi connectivity index (χ2n) is 10.2. The fourth-order valence-electron chi connectivity index (χ4n) is 5.26. The lowest BCUT2D eigenvalue weighted by molar-refractivity contribution is 1.42. The number of nitrogens with zero attached hydrogens (tertiary/aromatic N) is 6. The minimum Gasteiger partial charge on any atom is -0.243 e. The maximum atomic E-state index is 9.18. The number of aromatic nitrogens is 4. The van der Waals surface area contributed by atoms with E-state index in [-0.39, 0.29) is 0 Å². The predicted molar refractivity (Wildman–Crippen MR) is 201 cm³/mol. The number of nitriles is 1. The number of fused-ring (bicyclic) bond motifs is 5. The Morgan fingerprint density at radius 2 is 1.07 bits per heavy atom. The molecular formula is C32H10N6S8. The molecule has 14 heteroatoms. The Kier molecular flexibility index (Phi) is 6.07. The lowest BCUT2D eigenvalue weighted by atomic mass is 10.1. The van der Waals surface area contributed by atoms with Crippen LogP contribution in [0.3, 0.4) is 0 Å². The molecule has 8 heterocycles. The maximum absolute atomic E-state index is 9.18. The van der Waals surface area contributed by atoms with E-state index in [1.165, 1.54) is 22.7 Å². The molecule has 0 fully saturated rings. The Balaban J connectivity index is 0.957. The third-order valence-corrected chi connectivity index (χ3v) is 16.4. The summed E-state index contributed by atoms with van der Waals surface area (Å²) in [6.07, 6.45) is 3.85. The molecule has 10 rings (SSSR count). The van der Waals surface area contributed by atoms with Crippen LogP contribution in [0.15, 0.2) is 60.9 Å². The zero-order chi connectivity index (χ0) is 30.5. The normalized spacial score (nSPS) is 11.9. The Morgan fingerprint density at radius 1 is 0.522 bits per heavy atom. The van der Waals surface area contributed by atoms with Crippen LogP contribution in [0, 0.1) is 17.9 Å². The molecule has 0 bridgehead atoms. The quantitative estimate of drug-likeness (QED) is 0.168. The molecule has 2 aromatic carbocycles. The lowest BCUT2D eigenvalue weighted by Gasteiger charge is -1.97. The van der Waals surface area contributed by atoms with Gasteiger partial charge >= 0.3 is 0 Å². The third kappa shape index (κ3) is 4.38. The molecule has 0 unspecified atom stereocenters. The van der Waals surface area contributed by atoms with Crippen molar-refractivity contribution in [3.63, 3.8) is 0 Å². The van der Waals surface area contributed by atoms with Gasteiger partial charge in [0.2, 0.25) is 5.00 Å². The van der Waals surface area contributed by atoms with Crippen molar-refractivity contribution in [3.05, 3.63) is 77.2 Å². The number of rotatable bonds is 4. The highest BCUT2D eigenvalue weighted by Gasteiger charge is 2.17. The van der Waals surface area contributed by atoms with Gasteiger partial charge in [0.15, 0.2) is 0 Å². The summed E-state index contributed by atoms with van der Waals surface area (Å²) < 4.78 is 6.83. The molecule has 0 aliphatic heterocycles. The second kappa shape index (κ2) is 10.3. The third-order valence-electron chi connectivity index (χ3n) is 7.33. The smallest absolute Gasteiger partial charge is 0.243 e. The van der Waals surface area contributed by atoms with Gasteiger partial charge in [-0.05, 0) is 59.3 Å². The Hall–Kier alpha value is -3.96. The zero-order valence-electron chi connectivity index (χ0n) is 22.7. The van der Waals surface area contributed by atoms with Crippen molar-refractivity contribution in [1.82, 2.24) is 19.9 Å². The van der Waals surface area contributed by atoms with Crippen molar-refractivity contribution in [1.29, 1.82) is 5.26 Å². The first-order valence-corrected chi connectivity index (χ1v) is 20.0. The van der Waals surface area contributed by atoms with E-state index in [1.54, 1.807) is 68.0 Å². The van der Waals surface area contributed by atoms with Crippen LogP contribution >= 0.6 is 90.7 Å². The van der Waals surface area contributed by atoms with E-state index in [2.05, 4.69) is 47.3 Å². The lowest BCUT2D eigenvalue weighted by Crippen LogP contribution is -1.76. The average molecular weight is 735 g/mol. The summed E-state index contributed by atoms with van der Waals surface area (Å²) in [6, 6.07) is 19.2. The maximum Gasteiger partial charge on any atom is 0.243 e. The summed E-state index contributed by atoms with van der Waals surface area (Å²) in [7, 11) is 0. The van der Waals surface area contributed by atoms with Crippen LogP contribution in [0.25, 0.3) is 94.4 Å². The zero-order valence-corrected chi connectivity index (χ0v) is 29.3. The van der Waals surface area contributed by atoms with Crippen LogP contribution in [0.4, 0.5) is 5.00 Å². The molecule has 10 aromatic rings. The fraction of sp³-hybridized carbons (Fsp3) is 0. The largest absolute Gasteiger partial charge is 0.243 e. The van der Waals surface area contributed by atoms with Crippen LogP contribution in [0.1, 0.15) is 4.88 Å². The molecule has 0 amide bonds. The van der Waals surface area contributed by atoms with Gasteiger partial charge in [-0.15, -0.1) is 79.4 Å². The summed E-state index contributed by atoms with van der Waals surface area (Å²) in [4.78, 5) is 28.1. The topological polar surface area (TPSA) is 79.7 Å². The summed E-state index contributed by atoms with van der Waals surface area (Å²) in [6.45, 7) is 7.25. The molecule has 0 aliphatic carbocycles. The fourth-order valence-corrected chi connectivity index (χ4v) is 13.6. The number of benzene rings is 2. The molecule has 0 saturated heterocycles. The molecule has 0 aliphatic rings. The molecule has 0 radical (unpaired) electrons. The number of hydrogen-bond acceptors (Lipinski definition) is 13. The van der Waals surface area contributed by atoms with Gasteiger partial charge in [-0.25, -0.2) is 24.8 Å². The van der Waals surface area contributed by atoms with E-state index in [1.807, 2.05) is 24.5 Å². The first-order valence-electron chi connectivity index (χ1n) is 13.5.